The molecule has 0 bridgehead atoms. The van der Waals surface area contributed by atoms with Gasteiger partial charge in [0.1, 0.15) is 11.6 Å². The Bertz CT molecular complexity index is 795. The predicted molar refractivity (Wildman–Crippen MR) is 105 cm³/mol. The van der Waals surface area contributed by atoms with E-state index in [0.29, 0.717) is 32.5 Å². The molecule has 0 aliphatic carbocycles. The van der Waals surface area contributed by atoms with Crippen molar-refractivity contribution in [2.75, 3.05) is 33.9 Å². The Morgan fingerprint density at radius 1 is 1.32 bits per heavy atom. The van der Waals surface area contributed by atoms with E-state index in [1.807, 2.05) is 26.0 Å². The molecule has 2 rings (SSSR count). The molecule has 7 heteroatoms. The molecule has 1 aromatic heterocycles. The van der Waals surface area contributed by atoms with Crippen molar-refractivity contribution in [1.82, 2.24) is 9.47 Å². The monoisotopic (exact) mass is 387 g/mol. The number of carbonyl (C=O) groups excluding carboxylic acids is 2. The average molecular weight is 387 g/mol. The van der Waals surface area contributed by atoms with Crippen LogP contribution in [0, 0.1) is 31.1 Å². The number of nitrogens with zero attached hydrogens (tertiary/aromatic N) is 3. The Hall–Kier alpha value is -2.59. The van der Waals surface area contributed by atoms with Gasteiger partial charge in [-0.3, -0.25) is 9.59 Å². The number of methoxy groups -OCH3 is 2. The number of aromatic nitrogens is 1. The summed E-state index contributed by atoms with van der Waals surface area (Å²) in [4.78, 5) is 26.1. The van der Waals surface area contributed by atoms with Gasteiger partial charge in [0, 0.05) is 31.6 Å². The second-order valence-electron chi connectivity index (χ2n) is 7.26. The van der Waals surface area contributed by atoms with Crippen LogP contribution in [0.3, 0.4) is 0 Å². The summed E-state index contributed by atoms with van der Waals surface area (Å²) in [5.74, 6) is -0.703. The van der Waals surface area contributed by atoms with Gasteiger partial charge in [-0.05, 0) is 51.3 Å². The van der Waals surface area contributed by atoms with Crippen LogP contribution in [0.2, 0.25) is 0 Å². The molecule has 0 aromatic carbocycles. The standard InChI is InChI=1S/C21H29N3O4/c1-14-10-18(16(3)24(14)15(2)13-27-4)11-19(12-22)20(25)23-8-6-17(7-9-23)21(26)28-5/h10-11,15,17H,6-9,13H2,1-5H3/b19-11+. The molecule has 152 valence electrons. The number of aryl methyl sites for hydroxylation is 1. The Morgan fingerprint density at radius 2 is 1.96 bits per heavy atom. The molecule has 7 nitrogen and oxygen atoms in total. The van der Waals surface area contributed by atoms with Crippen molar-refractivity contribution < 1.29 is 19.1 Å². The summed E-state index contributed by atoms with van der Waals surface area (Å²) >= 11 is 0. The highest BCUT2D eigenvalue weighted by Gasteiger charge is 2.29. The second kappa shape index (κ2) is 9.56. The Balaban J connectivity index is 2.18. The van der Waals surface area contributed by atoms with Gasteiger partial charge in [0.25, 0.3) is 5.91 Å². The summed E-state index contributed by atoms with van der Waals surface area (Å²) in [5, 5.41) is 9.56. The van der Waals surface area contributed by atoms with Gasteiger partial charge in [0.2, 0.25) is 0 Å². The van der Waals surface area contributed by atoms with Crippen molar-refractivity contribution in [2.45, 2.75) is 39.7 Å². The molecular weight excluding hydrogens is 358 g/mol. The lowest BCUT2D eigenvalue weighted by Gasteiger charge is -2.30. The van der Waals surface area contributed by atoms with Gasteiger partial charge in [0.15, 0.2) is 0 Å². The van der Waals surface area contributed by atoms with E-state index in [2.05, 4.69) is 11.5 Å². The van der Waals surface area contributed by atoms with Crippen molar-refractivity contribution in [3.63, 3.8) is 0 Å². The molecule has 0 saturated carbocycles. The lowest BCUT2D eigenvalue weighted by Crippen LogP contribution is -2.41. The number of piperidine rings is 1. The molecular formula is C21H29N3O4. The van der Waals surface area contributed by atoms with Crippen LogP contribution in [0.5, 0.6) is 0 Å². The van der Waals surface area contributed by atoms with Crippen molar-refractivity contribution in [3.05, 3.63) is 28.6 Å². The molecule has 0 N–H and O–H groups in total. The third-order valence-corrected chi connectivity index (χ3v) is 5.34. The van der Waals surface area contributed by atoms with E-state index in [1.54, 1.807) is 18.1 Å². The first-order valence-corrected chi connectivity index (χ1v) is 9.50. The minimum Gasteiger partial charge on any atom is -0.469 e. The quantitative estimate of drug-likeness (QED) is 0.426. The van der Waals surface area contributed by atoms with Crippen molar-refractivity contribution in [1.29, 1.82) is 5.26 Å². The van der Waals surface area contributed by atoms with E-state index in [4.69, 9.17) is 9.47 Å². The molecule has 0 radical (unpaired) electrons. The average Bonchev–Trinajstić information content (AvgIpc) is 2.98. The van der Waals surface area contributed by atoms with Gasteiger partial charge in [-0.25, -0.2) is 0 Å². The van der Waals surface area contributed by atoms with Crippen LogP contribution >= 0.6 is 0 Å². The van der Waals surface area contributed by atoms with Gasteiger partial charge in [0.05, 0.1) is 25.7 Å². The Labute approximate surface area is 166 Å². The number of amides is 1. The second-order valence-corrected chi connectivity index (χ2v) is 7.26. The van der Waals surface area contributed by atoms with E-state index in [0.717, 1.165) is 17.0 Å². The number of hydrogen-bond acceptors (Lipinski definition) is 5. The molecule has 28 heavy (non-hydrogen) atoms. The number of hydrogen-bond donors (Lipinski definition) is 0. The zero-order chi connectivity index (χ0) is 20.8. The van der Waals surface area contributed by atoms with Gasteiger partial charge < -0.3 is 18.9 Å². The molecule has 1 fully saturated rings. The molecule has 1 atom stereocenters. The highest BCUT2D eigenvalue weighted by molar-refractivity contribution is 6.02. The van der Waals surface area contributed by atoms with Crippen LogP contribution in [0.15, 0.2) is 11.6 Å². The molecule has 1 saturated heterocycles. The Kier molecular flexibility index (Phi) is 7.41. The maximum atomic E-state index is 12.8. The lowest BCUT2D eigenvalue weighted by atomic mass is 9.96. The smallest absolute Gasteiger partial charge is 0.308 e. The summed E-state index contributed by atoms with van der Waals surface area (Å²) in [6.45, 7) is 7.52. The third-order valence-electron chi connectivity index (χ3n) is 5.34. The first-order chi connectivity index (χ1) is 13.3. The highest BCUT2D eigenvalue weighted by atomic mass is 16.5. The first kappa shape index (κ1) is 21.7. The molecule has 1 aliphatic heterocycles. The zero-order valence-corrected chi connectivity index (χ0v) is 17.3. The molecule has 1 amide bonds. The summed E-state index contributed by atoms with van der Waals surface area (Å²) in [6, 6.07) is 4.19. The number of rotatable bonds is 6. The van der Waals surface area contributed by atoms with Crippen LogP contribution in [-0.4, -0.2) is 55.3 Å². The third kappa shape index (κ3) is 4.63. The molecule has 2 heterocycles. The van der Waals surface area contributed by atoms with Crippen molar-refractivity contribution in [2.24, 2.45) is 5.92 Å². The van der Waals surface area contributed by atoms with E-state index in [-0.39, 0.29) is 29.4 Å². The van der Waals surface area contributed by atoms with Gasteiger partial charge in [-0.2, -0.15) is 5.26 Å². The molecule has 1 aliphatic rings. The summed E-state index contributed by atoms with van der Waals surface area (Å²) in [7, 11) is 3.04. The van der Waals surface area contributed by atoms with Crippen molar-refractivity contribution in [3.8, 4) is 6.07 Å². The van der Waals surface area contributed by atoms with Crippen LogP contribution in [0.4, 0.5) is 0 Å². The molecule has 1 aromatic rings. The minimum atomic E-state index is -0.291. The zero-order valence-electron chi connectivity index (χ0n) is 17.3. The van der Waals surface area contributed by atoms with Crippen molar-refractivity contribution >= 4 is 18.0 Å². The maximum absolute atomic E-state index is 12.8. The fourth-order valence-electron chi connectivity index (χ4n) is 3.90. The van der Waals surface area contributed by atoms with Crippen LogP contribution in [-0.2, 0) is 19.1 Å². The van der Waals surface area contributed by atoms with Gasteiger partial charge >= 0.3 is 5.97 Å². The fourth-order valence-corrected chi connectivity index (χ4v) is 3.90. The number of likely N-dealkylation sites (tertiary alicyclic amines) is 1. The fraction of sp³-hybridized carbons (Fsp3) is 0.571. The maximum Gasteiger partial charge on any atom is 0.308 e. The van der Waals surface area contributed by atoms with Gasteiger partial charge in [-0.15, -0.1) is 0 Å². The highest BCUT2D eigenvalue weighted by Crippen LogP contribution is 2.24. The number of ether oxygens (including phenoxy) is 2. The summed E-state index contributed by atoms with van der Waals surface area (Å²) < 4.78 is 12.2. The summed E-state index contributed by atoms with van der Waals surface area (Å²) in [5.41, 5.74) is 3.01. The summed E-state index contributed by atoms with van der Waals surface area (Å²) in [6.07, 6.45) is 2.77. The first-order valence-electron chi connectivity index (χ1n) is 9.50. The Morgan fingerprint density at radius 3 is 2.50 bits per heavy atom. The predicted octanol–water partition coefficient (Wildman–Crippen LogP) is 2.63. The molecule has 0 spiro atoms. The molecule has 1 unspecified atom stereocenters. The number of esters is 1. The van der Waals surface area contributed by atoms with Crippen LogP contribution in [0.25, 0.3) is 6.08 Å². The van der Waals surface area contributed by atoms with E-state index >= 15 is 0 Å². The van der Waals surface area contributed by atoms with Gasteiger partial charge in [-0.1, -0.05) is 0 Å². The lowest BCUT2D eigenvalue weighted by molar-refractivity contribution is -0.148. The largest absolute Gasteiger partial charge is 0.469 e. The minimum absolute atomic E-state index is 0.108. The normalized spacial score (nSPS) is 16.6. The van der Waals surface area contributed by atoms with Crippen LogP contribution in [0.1, 0.15) is 42.8 Å². The van der Waals surface area contributed by atoms with E-state index in [9.17, 15) is 14.9 Å². The van der Waals surface area contributed by atoms with E-state index < -0.39 is 0 Å². The topological polar surface area (TPSA) is 84.6 Å². The number of nitriles is 1. The number of carbonyl (C=O) groups is 2. The van der Waals surface area contributed by atoms with Crippen LogP contribution < -0.4 is 0 Å². The van der Waals surface area contributed by atoms with E-state index in [1.165, 1.54) is 7.11 Å². The SMILES string of the molecule is COCC(C)n1c(C)cc(/C=C(\C#N)C(=O)N2CCC(C(=O)OC)CC2)c1C.